The van der Waals surface area contributed by atoms with Crippen molar-refractivity contribution >= 4 is 15.5 Å². The van der Waals surface area contributed by atoms with Crippen LogP contribution in [0, 0.1) is 10.1 Å². The van der Waals surface area contributed by atoms with Gasteiger partial charge in [-0.25, -0.2) is 8.42 Å². The minimum Gasteiger partial charge on any atom is -0.315 e. The number of benzene rings is 1. The van der Waals surface area contributed by atoms with Crippen molar-refractivity contribution in [2.45, 2.75) is 25.5 Å². The molecule has 7 heteroatoms. The van der Waals surface area contributed by atoms with Gasteiger partial charge in [-0.1, -0.05) is 12.1 Å². The third-order valence-electron chi connectivity index (χ3n) is 3.02. The van der Waals surface area contributed by atoms with E-state index in [1.807, 2.05) is 0 Å². The molecule has 0 atom stereocenters. The first-order valence-electron chi connectivity index (χ1n) is 6.48. The summed E-state index contributed by atoms with van der Waals surface area (Å²) in [6.07, 6.45) is 0.708. The molecule has 0 aliphatic rings. The zero-order chi connectivity index (χ0) is 15.2. The number of nitro benzene ring substituents is 1. The van der Waals surface area contributed by atoms with E-state index in [1.54, 1.807) is 26.0 Å². The average Bonchev–Trinajstić information content (AvgIpc) is 2.38. The van der Waals surface area contributed by atoms with Gasteiger partial charge in [0.2, 0.25) is 0 Å². The highest BCUT2D eigenvalue weighted by atomic mass is 32.2. The van der Waals surface area contributed by atoms with Gasteiger partial charge >= 0.3 is 0 Å². The minimum atomic E-state index is -3.00. The minimum absolute atomic E-state index is 0.0738. The molecule has 0 radical (unpaired) electrons. The number of non-ortho nitro benzene ring substituents is 1. The highest BCUT2D eigenvalue weighted by Crippen LogP contribution is 2.11. The molecule has 0 bridgehead atoms. The lowest BCUT2D eigenvalue weighted by Crippen LogP contribution is -2.28. The molecule has 0 fully saturated rings. The van der Waals surface area contributed by atoms with Crippen LogP contribution < -0.4 is 5.32 Å². The fourth-order valence-corrected chi connectivity index (χ4v) is 2.49. The Balaban J connectivity index is 2.30. The van der Waals surface area contributed by atoms with Gasteiger partial charge < -0.3 is 5.32 Å². The van der Waals surface area contributed by atoms with E-state index in [0.717, 1.165) is 5.56 Å². The SMILES string of the molecule is CC(C)S(=O)(=O)CCNCCc1ccc([N+](=O)[O-])cc1. The molecule has 0 spiro atoms. The van der Waals surface area contributed by atoms with Gasteiger partial charge in [0.25, 0.3) is 5.69 Å². The molecule has 112 valence electrons. The molecule has 1 aromatic carbocycles. The molecular formula is C13H20N2O4S. The predicted octanol–water partition coefficient (Wildman–Crippen LogP) is 1.55. The topological polar surface area (TPSA) is 89.3 Å². The molecule has 0 amide bonds. The van der Waals surface area contributed by atoms with Crippen LogP contribution in [0.1, 0.15) is 19.4 Å². The lowest BCUT2D eigenvalue weighted by atomic mass is 10.1. The molecule has 20 heavy (non-hydrogen) atoms. The number of hydrogen-bond acceptors (Lipinski definition) is 5. The molecular weight excluding hydrogens is 280 g/mol. The van der Waals surface area contributed by atoms with Crippen LogP contribution in [0.5, 0.6) is 0 Å². The number of nitro groups is 1. The summed E-state index contributed by atoms with van der Waals surface area (Å²) in [6.45, 7) is 4.41. The van der Waals surface area contributed by atoms with Gasteiger partial charge in [0.15, 0.2) is 9.84 Å². The predicted molar refractivity (Wildman–Crippen MR) is 78.6 cm³/mol. The maximum absolute atomic E-state index is 11.6. The first-order chi connectivity index (χ1) is 9.33. The third-order valence-corrected chi connectivity index (χ3v) is 5.23. The molecule has 0 aliphatic carbocycles. The second-order valence-corrected chi connectivity index (χ2v) is 7.52. The van der Waals surface area contributed by atoms with Crippen LogP contribution in [0.15, 0.2) is 24.3 Å². The van der Waals surface area contributed by atoms with Crippen LogP contribution in [0.4, 0.5) is 5.69 Å². The van der Waals surface area contributed by atoms with Gasteiger partial charge in [-0.15, -0.1) is 0 Å². The van der Waals surface area contributed by atoms with E-state index in [2.05, 4.69) is 5.32 Å². The lowest BCUT2D eigenvalue weighted by Gasteiger charge is -2.08. The van der Waals surface area contributed by atoms with Crippen LogP contribution in [0.25, 0.3) is 0 Å². The van der Waals surface area contributed by atoms with Crippen molar-refractivity contribution in [2.24, 2.45) is 0 Å². The fraction of sp³-hybridized carbons (Fsp3) is 0.538. The molecule has 0 aliphatic heterocycles. The van der Waals surface area contributed by atoms with Crippen LogP contribution >= 0.6 is 0 Å². The van der Waals surface area contributed by atoms with Gasteiger partial charge in [-0.3, -0.25) is 10.1 Å². The summed E-state index contributed by atoms with van der Waals surface area (Å²) in [5.41, 5.74) is 1.06. The Morgan fingerprint density at radius 1 is 1.20 bits per heavy atom. The average molecular weight is 300 g/mol. The van der Waals surface area contributed by atoms with Gasteiger partial charge in [-0.05, 0) is 32.4 Å². The Morgan fingerprint density at radius 3 is 2.30 bits per heavy atom. The third kappa shape index (κ3) is 5.26. The summed E-state index contributed by atoms with van der Waals surface area (Å²) >= 11 is 0. The second kappa shape index (κ2) is 7.35. The molecule has 1 aromatic rings. The maximum Gasteiger partial charge on any atom is 0.269 e. The summed E-state index contributed by atoms with van der Waals surface area (Å²) in [7, 11) is -3.00. The van der Waals surface area contributed by atoms with E-state index in [9.17, 15) is 18.5 Å². The first kappa shape index (κ1) is 16.6. The number of nitrogens with zero attached hydrogens (tertiary/aromatic N) is 1. The Kier molecular flexibility index (Phi) is 6.09. The summed E-state index contributed by atoms with van der Waals surface area (Å²) in [6, 6.07) is 6.37. The van der Waals surface area contributed by atoms with Crippen LogP contribution in [-0.4, -0.2) is 37.4 Å². The van der Waals surface area contributed by atoms with Crippen LogP contribution in [0.2, 0.25) is 0 Å². The Morgan fingerprint density at radius 2 is 1.80 bits per heavy atom. The fourth-order valence-electron chi connectivity index (χ4n) is 1.59. The Hall–Kier alpha value is -1.47. The van der Waals surface area contributed by atoms with Crippen molar-refractivity contribution in [2.75, 3.05) is 18.8 Å². The molecule has 0 heterocycles. The van der Waals surface area contributed by atoms with Gasteiger partial charge in [0.1, 0.15) is 0 Å². The molecule has 1 N–H and O–H groups in total. The molecule has 0 unspecified atom stereocenters. The highest BCUT2D eigenvalue weighted by Gasteiger charge is 2.14. The number of sulfone groups is 1. The maximum atomic E-state index is 11.6. The van der Waals surface area contributed by atoms with E-state index in [1.165, 1.54) is 12.1 Å². The van der Waals surface area contributed by atoms with Gasteiger partial charge in [0.05, 0.1) is 15.9 Å². The molecule has 0 aromatic heterocycles. The molecule has 0 saturated carbocycles. The van der Waals surface area contributed by atoms with Crippen molar-refractivity contribution in [3.63, 3.8) is 0 Å². The monoisotopic (exact) mass is 300 g/mol. The summed E-state index contributed by atoms with van der Waals surface area (Å²) in [5, 5.41) is 13.2. The van der Waals surface area contributed by atoms with Gasteiger partial charge in [0, 0.05) is 18.7 Å². The summed E-state index contributed by atoms with van der Waals surface area (Å²) in [5.74, 6) is 0.130. The van der Waals surface area contributed by atoms with E-state index >= 15 is 0 Å². The van der Waals surface area contributed by atoms with Crippen LogP contribution in [0.3, 0.4) is 0 Å². The summed E-state index contributed by atoms with van der Waals surface area (Å²) < 4.78 is 23.1. The number of hydrogen-bond donors (Lipinski definition) is 1. The normalized spacial score (nSPS) is 11.8. The number of nitrogens with one attached hydrogen (secondary N) is 1. The van der Waals surface area contributed by atoms with Gasteiger partial charge in [-0.2, -0.15) is 0 Å². The van der Waals surface area contributed by atoms with E-state index < -0.39 is 14.8 Å². The summed E-state index contributed by atoms with van der Waals surface area (Å²) in [4.78, 5) is 10.1. The second-order valence-electron chi connectivity index (χ2n) is 4.84. The highest BCUT2D eigenvalue weighted by molar-refractivity contribution is 7.92. The number of rotatable bonds is 8. The van der Waals surface area contributed by atoms with E-state index in [4.69, 9.17) is 0 Å². The van der Waals surface area contributed by atoms with Crippen molar-refractivity contribution in [1.82, 2.24) is 5.32 Å². The standard InChI is InChI=1S/C13H20N2O4S/c1-11(2)20(18,19)10-9-14-8-7-12-3-5-13(6-4-12)15(16)17/h3-6,11,14H,7-10H2,1-2H3. The zero-order valence-corrected chi connectivity index (χ0v) is 12.5. The van der Waals surface area contributed by atoms with E-state index in [0.29, 0.717) is 19.5 Å². The lowest BCUT2D eigenvalue weighted by molar-refractivity contribution is -0.384. The first-order valence-corrected chi connectivity index (χ1v) is 8.20. The van der Waals surface area contributed by atoms with Crippen molar-refractivity contribution < 1.29 is 13.3 Å². The van der Waals surface area contributed by atoms with Crippen LogP contribution in [-0.2, 0) is 16.3 Å². The largest absolute Gasteiger partial charge is 0.315 e. The Labute approximate surface area is 119 Å². The van der Waals surface area contributed by atoms with Crippen molar-refractivity contribution in [1.29, 1.82) is 0 Å². The molecule has 1 rings (SSSR count). The van der Waals surface area contributed by atoms with Crippen molar-refractivity contribution in [3.8, 4) is 0 Å². The Bertz CT molecular complexity index is 538. The zero-order valence-electron chi connectivity index (χ0n) is 11.7. The molecule has 6 nitrogen and oxygen atoms in total. The van der Waals surface area contributed by atoms with Crippen molar-refractivity contribution in [3.05, 3.63) is 39.9 Å². The molecule has 0 saturated heterocycles. The smallest absolute Gasteiger partial charge is 0.269 e. The van der Waals surface area contributed by atoms with E-state index in [-0.39, 0.29) is 16.7 Å². The quantitative estimate of drug-likeness (QED) is 0.447.